The Balaban J connectivity index is 1.73. The van der Waals surface area contributed by atoms with E-state index in [1.807, 2.05) is 43.7 Å². The van der Waals surface area contributed by atoms with Crippen molar-refractivity contribution in [3.8, 4) is 34.8 Å². The van der Waals surface area contributed by atoms with Crippen molar-refractivity contribution < 1.29 is 43.2 Å². The molecule has 238 valence electrons. The molecule has 6 rings (SSSR count). The van der Waals surface area contributed by atoms with Crippen LogP contribution in [-0.4, -0.2) is 84.1 Å². The van der Waals surface area contributed by atoms with E-state index in [-0.39, 0.29) is 37.2 Å². The van der Waals surface area contributed by atoms with Gasteiger partial charge in [0.15, 0.2) is 23.0 Å². The number of esters is 2. The zero-order valence-electron chi connectivity index (χ0n) is 26.2. The monoisotopic (exact) mass is 637 g/mol. The molecule has 5 atom stereocenters. The average Bonchev–Trinajstić information content (AvgIpc) is 3.47. The Hall–Kier alpha value is -3.99. The number of hydrogen-bond donors (Lipinski definition) is 1. The molecule has 1 unspecified atom stereocenters. The van der Waals surface area contributed by atoms with E-state index < -0.39 is 46.6 Å². The smallest absolute Gasteiger partial charge is 0.375 e. The summed E-state index contributed by atoms with van der Waals surface area (Å²) in [6, 6.07) is 2.50. The van der Waals surface area contributed by atoms with E-state index in [9.17, 15) is 24.8 Å². The third kappa shape index (κ3) is 4.61. The van der Waals surface area contributed by atoms with Crippen molar-refractivity contribution in [1.82, 2.24) is 9.80 Å². The van der Waals surface area contributed by atoms with Crippen LogP contribution in [0.3, 0.4) is 0 Å². The van der Waals surface area contributed by atoms with Crippen molar-refractivity contribution in [3.63, 3.8) is 0 Å². The van der Waals surface area contributed by atoms with E-state index in [0.717, 1.165) is 11.1 Å². The predicted molar refractivity (Wildman–Crippen MR) is 162 cm³/mol. The highest BCUT2D eigenvalue weighted by atomic mass is 32.2. The molecule has 2 fully saturated rings. The van der Waals surface area contributed by atoms with Crippen LogP contribution in [0.2, 0.25) is 0 Å². The number of nitriles is 1. The predicted octanol–water partition coefficient (Wildman–Crippen LogP) is 3.57. The second kappa shape index (κ2) is 11.1. The number of ketones is 1. The SMILES string of the molecule is COc1c(C)cc(C)c([C@@H]2C3[C@@H]4SCC(=O)C(=O)OC[C@@H](c5c6c(c(C)c(OC(C)=O)c54)OCO6)N3[C@](C)(C#N)CN2C)c1O. The minimum Gasteiger partial charge on any atom is -0.504 e. The first-order valence-electron chi connectivity index (χ1n) is 14.6. The molecule has 4 aliphatic rings. The maximum absolute atomic E-state index is 13.0. The number of carbonyl (C=O) groups is 3. The summed E-state index contributed by atoms with van der Waals surface area (Å²) in [5.74, 6) is -1.03. The average molecular weight is 638 g/mol. The number of thioether (sulfide) groups is 1. The van der Waals surface area contributed by atoms with Gasteiger partial charge in [-0.15, -0.1) is 11.8 Å². The first-order chi connectivity index (χ1) is 21.3. The Kier molecular flexibility index (Phi) is 7.66. The Labute approximate surface area is 265 Å². The fourth-order valence-corrected chi connectivity index (χ4v) is 8.99. The number of aryl methyl sites for hydroxylation is 2. The van der Waals surface area contributed by atoms with Gasteiger partial charge in [0.05, 0.1) is 36.3 Å². The number of likely N-dealkylation sites (N-methyl/N-ethyl adjacent to an activating group) is 1. The van der Waals surface area contributed by atoms with Crippen molar-refractivity contribution in [2.75, 3.05) is 39.9 Å². The standard InChI is InChI=1S/C32H35N3O9S/c1-14-8-15(2)26(40-7)25(38)20(14)23-24-30-22-21(29-28(42-13-43-29)16(3)27(22)44-17(4)36)18(9-41-31(39)19(37)10-45-30)35(24)32(5,11-33)12-34(23)6/h8,18,23-24,30,38H,9-10,12-13H2,1-7H3/t18-,23+,24?,30+,32+/m0/s1. The number of rotatable bonds is 3. The van der Waals surface area contributed by atoms with Crippen LogP contribution in [0.15, 0.2) is 6.07 Å². The zero-order valence-corrected chi connectivity index (χ0v) is 27.0. The lowest BCUT2D eigenvalue weighted by atomic mass is 9.74. The maximum Gasteiger partial charge on any atom is 0.375 e. The highest BCUT2D eigenvalue weighted by Gasteiger charge is 2.60. The Morgan fingerprint density at radius 3 is 2.49 bits per heavy atom. The molecule has 0 aliphatic carbocycles. The number of ether oxygens (including phenoxy) is 5. The molecule has 13 heteroatoms. The van der Waals surface area contributed by atoms with E-state index in [2.05, 4.69) is 6.07 Å². The molecule has 4 aliphatic heterocycles. The highest BCUT2D eigenvalue weighted by molar-refractivity contribution is 8.00. The summed E-state index contributed by atoms with van der Waals surface area (Å²) in [4.78, 5) is 42.4. The molecular formula is C32H35N3O9S. The molecule has 0 saturated carbocycles. The molecule has 2 aromatic rings. The molecule has 0 spiro atoms. The first kappa shape index (κ1) is 31.0. The van der Waals surface area contributed by atoms with Gasteiger partial charge in [-0.2, -0.15) is 5.26 Å². The molecule has 2 aromatic carbocycles. The molecular weight excluding hydrogens is 602 g/mol. The third-order valence-electron chi connectivity index (χ3n) is 9.25. The summed E-state index contributed by atoms with van der Waals surface area (Å²) in [6.07, 6.45) is 0. The lowest BCUT2D eigenvalue weighted by Gasteiger charge is -2.60. The number of phenolic OH excluding ortho intramolecular Hbond substituents is 1. The second-order valence-corrected chi connectivity index (χ2v) is 13.3. The van der Waals surface area contributed by atoms with Crippen LogP contribution in [0.1, 0.15) is 64.6 Å². The van der Waals surface area contributed by atoms with Crippen LogP contribution < -0.4 is 18.9 Å². The number of methoxy groups -OCH3 is 1. The number of Topliss-reactive ketones (excluding diaryl/α,β-unsaturated/α-hetero) is 1. The van der Waals surface area contributed by atoms with Crippen molar-refractivity contribution in [2.24, 2.45) is 0 Å². The number of phenols is 1. The van der Waals surface area contributed by atoms with Crippen molar-refractivity contribution >= 4 is 29.5 Å². The lowest BCUT2D eigenvalue weighted by Crippen LogP contribution is -2.68. The second-order valence-electron chi connectivity index (χ2n) is 12.2. The van der Waals surface area contributed by atoms with Crippen LogP contribution >= 0.6 is 11.8 Å². The van der Waals surface area contributed by atoms with Gasteiger partial charge in [-0.05, 0) is 45.9 Å². The van der Waals surface area contributed by atoms with Gasteiger partial charge in [0, 0.05) is 41.8 Å². The van der Waals surface area contributed by atoms with Crippen molar-refractivity contribution in [2.45, 2.75) is 63.5 Å². The Bertz CT molecular complexity index is 1690. The molecule has 12 nitrogen and oxygen atoms in total. The summed E-state index contributed by atoms with van der Waals surface area (Å²) >= 11 is 1.20. The number of piperazine rings is 1. The van der Waals surface area contributed by atoms with E-state index in [1.165, 1.54) is 25.8 Å². The van der Waals surface area contributed by atoms with Gasteiger partial charge >= 0.3 is 11.9 Å². The molecule has 2 saturated heterocycles. The third-order valence-corrected chi connectivity index (χ3v) is 10.6. The van der Waals surface area contributed by atoms with Crippen molar-refractivity contribution in [1.29, 1.82) is 5.26 Å². The van der Waals surface area contributed by atoms with Crippen LogP contribution in [-0.2, 0) is 19.1 Å². The molecule has 0 aromatic heterocycles. The van der Waals surface area contributed by atoms with Gasteiger partial charge < -0.3 is 28.8 Å². The Morgan fingerprint density at radius 1 is 1.11 bits per heavy atom. The van der Waals surface area contributed by atoms with Crippen LogP contribution in [0.5, 0.6) is 28.7 Å². The van der Waals surface area contributed by atoms with Gasteiger partial charge in [-0.1, -0.05) is 6.07 Å². The number of fused-ring (bicyclic) bond motifs is 5. The van der Waals surface area contributed by atoms with Crippen LogP contribution in [0.25, 0.3) is 0 Å². The Morgan fingerprint density at radius 2 is 1.82 bits per heavy atom. The van der Waals surface area contributed by atoms with Crippen LogP contribution in [0.4, 0.5) is 0 Å². The number of carbonyl (C=O) groups excluding carboxylic acids is 3. The molecule has 0 radical (unpaired) electrons. The maximum atomic E-state index is 13.0. The number of cyclic esters (lactones) is 1. The summed E-state index contributed by atoms with van der Waals surface area (Å²) in [5, 5.41) is 21.9. The number of hydrogen-bond acceptors (Lipinski definition) is 13. The zero-order chi connectivity index (χ0) is 32.5. The summed E-state index contributed by atoms with van der Waals surface area (Å²) in [5.41, 5.74) is 2.77. The fraction of sp³-hybridized carbons (Fsp3) is 0.500. The van der Waals surface area contributed by atoms with E-state index in [0.29, 0.717) is 39.5 Å². The normalized spacial score (nSPS) is 27.7. The fourth-order valence-electron chi connectivity index (χ4n) is 7.66. The summed E-state index contributed by atoms with van der Waals surface area (Å²) in [6.45, 7) is 8.59. The van der Waals surface area contributed by atoms with E-state index >= 15 is 0 Å². The van der Waals surface area contributed by atoms with E-state index in [4.69, 9.17) is 23.7 Å². The summed E-state index contributed by atoms with van der Waals surface area (Å²) < 4.78 is 29.1. The van der Waals surface area contributed by atoms with Crippen molar-refractivity contribution in [3.05, 3.63) is 39.4 Å². The number of nitrogens with zero attached hydrogens (tertiary/aromatic N) is 3. The highest BCUT2D eigenvalue weighted by Crippen LogP contribution is 2.63. The molecule has 45 heavy (non-hydrogen) atoms. The quantitative estimate of drug-likeness (QED) is 0.297. The number of benzene rings is 2. The number of aromatic hydroxyl groups is 1. The topological polar surface area (TPSA) is 148 Å². The lowest BCUT2D eigenvalue weighted by molar-refractivity contribution is -0.157. The molecule has 1 N–H and O–H groups in total. The van der Waals surface area contributed by atoms with Gasteiger partial charge in [0.25, 0.3) is 0 Å². The largest absolute Gasteiger partial charge is 0.504 e. The minimum atomic E-state index is -1.14. The van der Waals surface area contributed by atoms with Gasteiger partial charge in [0.1, 0.15) is 17.9 Å². The molecule has 2 bridgehead atoms. The minimum absolute atomic E-state index is 0.0184. The molecule has 4 heterocycles. The van der Waals surface area contributed by atoms with E-state index in [1.54, 1.807) is 6.92 Å². The van der Waals surface area contributed by atoms with Gasteiger partial charge in [-0.3, -0.25) is 19.4 Å². The van der Waals surface area contributed by atoms with Gasteiger partial charge in [-0.25, -0.2) is 4.79 Å². The van der Waals surface area contributed by atoms with Gasteiger partial charge in [0.2, 0.25) is 12.6 Å². The summed E-state index contributed by atoms with van der Waals surface area (Å²) in [7, 11) is 3.39. The first-order valence-corrected chi connectivity index (χ1v) is 15.6. The molecule has 0 amide bonds. The van der Waals surface area contributed by atoms with Crippen LogP contribution in [0, 0.1) is 32.1 Å².